The van der Waals surface area contributed by atoms with Gasteiger partial charge in [0.15, 0.2) is 11.0 Å². The van der Waals surface area contributed by atoms with Crippen LogP contribution in [0, 0.1) is 0 Å². The molecule has 5 nitrogen and oxygen atoms in total. The predicted octanol–water partition coefficient (Wildman–Crippen LogP) is 5.76. The summed E-state index contributed by atoms with van der Waals surface area (Å²) in [6, 6.07) is 26.0. The number of hydrogen-bond acceptors (Lipinski definition) is 5. The molecule has 31 heavy (non-hydrogen) atoms. The summed E-state index contributed by atoms with van der Waals surface area (Å²) >= 11 is 1.64. The normalized spacial score (nSPS) is 11.0. The molecule has 6 heteroatoms. The molecule has 0 N–H and O–H groups in total. The van der Waals surface area contributed by atoms with E-state index in [-0.39, 0.29) is 0 Å². The number of nitrogens with zero attached hydrogens (tertiary/aromatic N) is 3. The Labute approximate surface area is 186 Å². The summed E-state index contributed by atoms with van der Waals surface area (Å²) in [7, 11) is 3.32. The fourth-order valence-electron chi connectivity index (χ4n) is 3.15. The van der Waals surface area contributed by atoms with E-state index in [9.17, 15) is 0 Å². The topological polar surface area (TPSA) is 49.2 Å². The summed E-state index contributed by atoms with van der Waals surface area (Å²) in [5, 5.41) is 9.80. The number of methoxy groups -OCH3 is 2. The summed E-state index contributed by atoms with van der Waals surface area (Å²) in [5.74, 6) is 3.13. The van der Waals surface area contributed by atoms with Crippen molar-refractivity contribution in [3.63, 3.8) is 0 Å². The molecule has 0 saturated carbocycles. The molecule has 0 bridgehead atoms. The Morgan fingerprint density at radius 1 is 0.839 bits per heavy atom. The van der Waals surface area contributed by atoms with Gasteiger partial charge in [0.2, 0.25) is 0 Å². The summed E-state index contributed by atoms with van der Waals surface area (Å²) in [6.45, 7) is 0. The molecule has 0 amide bonds. The Balaban J connectivity index is 1.65. The number of aromatic nitrogens is 3. The molecule has 1 heterocycles. The summed E-state index contributed by atoms with van der Waals surface area (Å²) < 4.78 is 12.8. The molecule has 0 aliphatic rings. The van der Waals surface area contributed by atoms with Gasteiger partial charge in [0.1, 0.15) is 11.5 Å². The van der Waals surface area contributed by atoms with Crippen LogP contribution >= 0.6 is 11.8 Å². The third kappa shape index (κ3) is 4.98. The minimum Gasteiger partial charge on any atom is -0.497 e. The molecule has 0 unspecified atom stereocenters. The van der Waals surface area contributed by atoms with Gasteiger partial charge in [-0.3, -0.25) is 4.57 Å². The molecule has 0 saturated heterocycles. The van der Waals surface area contributed by atoms with Crippen LogP contribution in [0.5, 0.6) is 11.5 Å². The second-order valence-corrected chi connectivity index (χ2v) is 7.68. The Kier molecular flexibility index (Phi) is 6.69. The van der Waals surface area contributed by atoms with Crippen molar-refractivity contribution in [1.82, 2.24) is 14.8 Å². The van der Waals surface area contributed by atoms with Gasteiger partial charge in [0.25, 0.3) is 0 Å². The van der Waals surface area contributed by atoms with Crippen molar-refractivity contribution in [2.24, 2.45) is 0 Å². The van der Waals surface area contributed by atoms with E-state index < -0.39 is 0 Å². The van der Waals surface area contributed by atoms with E-state index >= 15 is 0 Å². The van der Waals surface area contributed by atoms with Gasteiger partial charge < -0.3 is 9.47 Å². The number of ether oxygens (including phenoxy) is 2. The minimum atomic E-state index is 0.763. The highest BCUT2D eigenvalue weighted by Crippen LogP contribution is 2.30. The SMILES string of the molecule is COc1ccc(-n2c(SCC=Cc3ccccc3)nnc2-c2cccc(OC)c2)cc1. The van der Waals surface area contributed by atoms with E-state index in [1.165, 1.54) is 5.56 Å². The van der Waals surface area contributed by atoms with Gasteiger partial charge in [0.05, 0.1) is 14.2 Å². The van der Waals surface area contributed by atoms with E-state index in [0.29, 0.717) is 0 Å². The van der Waals surface area contributed by atoms with E-state index in [1.54, 1.807) is 26.0 Å². The number of hydrogen-bond donors (Lipinski definition) is 0. The first-order chi connectivity index (χ1) is 15.3. The zero-order chi connectivity index (χ0) is 21.5. The highest BCUT2D eigenvalue weighted by Gasteiger charge is 2.16. The van der Waals surface area contributed by atoms with Crippen molar-refractivity contribution in [3.8, 4) is 28.6 Å². The maximum atomic E-state index is 5.39. The lowest BCUT2D eigenvalue weighted by atomic mass is 10.2. The van der Waals surface area contributed by atoms with Gasteiger partial charge in [-0.25, -0.2) is 0 Å². The molecule has 4 aromatic rings. The zero-order valence-electron chi connectivity index (χ0n) is 17.4. The first-order valence-electron chi connectivity index (χ1n) is 9.87. The standard InChI is InChI=1S/C25H23N3O2S/c1-29-22-15-13-21(14-16-22)28-24(20-11-6-12-23(18-20)30-2)26-27-25(28)31-17-7-10-19-8-4-3-5-9-19/h3-16,18H,17H2,1-2H3. The van der Waals surface area contributed by atoms with Crippen molar-refractivity contribution < 1.29 is 9.47 Å². The van der Waals surface area contributed by atoms with Crippen molar-refractivity contribution in [2.75, 3.05) is 20.0 Å². The van der Waals surface area contributed by atoms with E-state index in [1.807, 2.05) is 66.7 Å². The van der Waals surface area contributed by atoms with E-state index in [2.05, 4.69) is 39.0 Å². The third-order valence-electron chi connectivity index (χ3n) is 4.71. The van der Waals surface area contributed by atoms with Gasteiger partial charge in [-0.05, 0) is 42.0 Å². The van der Waals surface area contributed by atoms with Crippen LogP contribution in [-0.4, -0.2) is 34.7 Å². The van der Waals surface area contributed by atoms with Crippen LogP contribution in [0.4, 0.5) is 0 Å². The van der Waals surface area contributed by atoms with E-state index in [4.69, 9.17) is 9.47 Å². The molecule has 0 fully saturated rings. The molecule has 0 atom stereocenters. The molecule has 4 rings (SSSR count). The lowest BCUT2D eigenvalue weighted by Crippen LogP contribution is -2.00. The summed E-state index contributed by atoms with van der Waals surface area (Å²) in [5.41, 5.74) is 3.09. The second kappa shape index (κ2) is 10.00. The molecule has 156 valence electrons. The van der Waals surface area contributed by atoms with Crippen LogP contribution in [0.2, 0.25) is 0 Å². The fourth-order valence-corrected chi connectivity index (χ4v) is 3.91. The number of thioether (sulfide) groups is 1. The first-order valence-corrected chi connectivity index (χ1v) is 10.9. The van der Waals surface area contributed by atoms with Gasteiger partial charge in [-0.1, -0.05) is 66.4 Å². The van der Waals surface area contributed by atoms with E-state index in [0.717, 1.165) is 39.5 Å². The van der Waals surface area contributed by atoms with Crippen molar-refractivity contribution >= 4 is 17.8 Å². The Hall–Kier alpha value is -3.51. The van der Waals surface area contributed by atoms with Crippen LogP contribution in [0.3, 0.4) is 0 Å². The predicted molar refractivity (Wildman–Crippen MR) is 126 cm³/mol. The molecule has 0 spiro atoms. The van der Waals surface area contributed by atoms with Gasteiger partial charge >= 0.3 is 0 Å². The van der Waals surface area contributed by atoms with Gasteiger partial charge in [0, 0.05) is 17.0 Å². The summed E-state index contributed by atoms with van der Waals surface area (Å²) in [6.07, 6.45) is 4.25. The van der Waals surface area contributed by atoms with Crippen molar-refractivity contribution in [3.05, 3.63) is 90.5 Å². The van der Waals surface area contributed by atoms with Gasteiger partial charge in [-0.2, -0.15) is 0 Å². The fraction of sp³-hybridized carbons (Fsp3) is 0.120. The lowest BCUT2D eigenvalue weighted by molar-refractivity contribution is 0.414. The van der Waals surface area contributed by atoms with Crippen LogP contribution in [0.15, 0.2) is 90.1 Å². The summed E-state index contributed by atoms with van der Waals surface area (Å²) in [4.78, 5) is 0. The first kappa shape index (κ1) is 20.8. The molecule has 0 aliphatic heterocycles. The van der Waals surface area contributed by atoms with Gasteiger partial charge in [-0.15, -0.1) is 10.2 Å². The highest BCUT2D eigenvalue weighted by atomic mass is 32.2. The Morgan fingerprint density at radius 2 is 1.61 bits per heavy atom. The Bertz CT molecular complexity index is 1160. The molecule has 3 aromatic carbocycles. The monoisotopic (exact) mass is 429 g/mol. The average molecular weight is 430 g/mol. The highest BCUT2D eigenvalue weighted by molar-refractivity contribution is 7.99. The maximum Gasteiger partial charge on any atom is 0.196 e. The molecule has 1 aromatic heterocycles. The van der Waals surface area contributed by atoms with Crippen LogP contribution in [-0.2, 0) is 0 Å². The molecule has 0 radical (unpaired) electrons. The maximum absolute atomic E-state index is 5.39. The largest absolute Gasteiger partial charge is 0.497 e. The van der Waals surface area contributed by atoms with Crippen LogP contribution < -0.4 is 9.47 Å². The third-order valence-corrected chi connectivity index (χ3v) is 5.59. The number of rotatable bonds is 8. The number of benzene rings is 3. The van der Waals surface area contributed by atoms with Crippen molar-refractivity contribution in [1.29, 1.82) is 0 Å². The quantitative estimate of drug-likeness (QED) is 0.334. The Morgan fingerprint density at radius 3 is 2.35 bits per heavy atom. The van der Waals surface area contributed by atoms with Crippen LogP contribution in [0.1, 0.15) is 5.56 Å². The smallest absolute Gasteiger partial charge is 0.196 e. The van der Waals surface area contributed by atoms with Crippen molar-refractivity contribution in [2.45, 2.75) is 5.16 Å². The van der Waals surface area contributed by atoms with Crippen LogP contribution in [0.25, 0.3) is 23.2 Å². The minimum absolute atomic E-state index is 0.763. The second-order valence-electron chi connectivity index (χ2n) is 6.70. The average Bonchev–Trinajstić information content (AvgIpc) is 3.26. The molecular formula is C25H23N3O2S. The zero-order valence-corrected chi connectivity index (χ0v) is 18.3. The lowest BCUT2D eigenvalue weighted by Gasteiger charge is -2.11. The molecular weight excluding hydrogens is 406 g/mol. The molecule has 0 aliphatic carbocycles.